The Balaban J connectivity index is 1.17. The molecule has 1 spiro atoms. The van der Waals surface area contributed by atoms with Crippen molar-refractivity contribution in [3.63, 3.8) is 0 Å². The molecule has 0 fully saturated rings. The van der Waals surface area contributed by atoms with Crippen molar-refractivity contribution in [1.29, 1.82) is 0 Å². The lowest BCUT2D eigenvalue weighted by Crippen LogP contribution is -2.32. The van der Waals surface area contributed by atoms with E-state index < -0.39 is 5.41 Å². The Hall–Kier alpha value is -7.30. The first-order chi connectivity index (χ1) is 27.3. The Morgan fingerprint density at radius 3 is 1.78 bits per heavy atom. The molecule has 8 aromatic carbocycles. The second-order valence-corrected chi connectivity index (χ2v) is 14.4. The van der Waals surface area contributed by atoms with Crippen molar-refractivity contribution in [2.24, 2.45) is 0 Å². The normalized spacial score (nSPS) is 13.4. The fraction of sp³-hybridized carbons (Fsp3) is 0.0196. The van der Waals surface area contributed by atoms with Gasteiger partial charge >= 0.3 is 0 Å². The number of benzene rings is 8. The van der Waals surface area contributed by atoms with E-state index in [1.54, 1.807) is 0 Å². The Morgan fingerprint density at radius 1 is 0.400 bits per heavy atom. The maximum atomic E-state index is 6.69. The summed E-state index contributed by atoms with van der Waals surface area (Å²) in [5.41, 5.74) is 13.8. The zero-order valence-electron chi connectivity index (χ0n) is 29.5. The highest BCUT2D eigenvalue weighted by atomic mass is 16.5. The molecule has 0 N–H and O–H groups in total. The summed E-state index contributed by atoms with van der Waals surface area (Å²) < 4.78 is 13.3. The van der Waals surface area contributed by atoms with Crippen molar-refractivity contribution in [2.45, 2.75) is 5.41 Å². The van der Waals surface area contributed by atoms with Crippen LogP contribution in [0.5, 0.6) is 11.5 Å². The quantitative estimate of drug-likeness (QED) is 0.184. The Bertz CT molecular complexity index is 3160. The molecule has 0 saturated heterocycles. The van der Waals surface area contributed by atoms with Crippen LogP contribution in [0.4, 0.5) is 0 Å². The molecule has 0 radical (unpaired) electrons. The molecule has 0 amide bonds. The molecule has 0 saturated carbocycles. The minimum atomic E-state index is -0.565. The lowest BCUT2D eigenvalue weighted by atomic mass is 9.66. The molecule has 0 atom stereocenters. The van der Waals surface area contributed by atoms with Crippen molar-refractivity contribution in [3.05, 3.63) is 204 Å². The minimum absolute atomic E-state index is 0.565. The second kappa shape index (κ2) is 11.3. The SMILES string of the molecule is c1ccc2c(c1)Oc1ccccc1C21c2ccccc2-c2c(-c3ccccc3-c3nc(-c4cccc5ccccc45)nc4c3oc3ccccc34)cccc21. The fourth-order valence-corrected chi connectivity index (χ4v) is 9.37. The second-order valence-electron chi connectivity index (χ2n) is 14.4. The smallest absolute Gasteiger partial charge is 0.180 e. The van der Waals surface area contributed by atoms with Crippen molar-refractivity contribution in [3.8, 4) is 56.4 Å². The van der Waals surface area contributed by atoms with Gasteiger partial charge in [0.2, 0.25) is 0 Å². The van der Waals surface area contributed by atoms with Crippen LogP contribution in [0.1, 0.15) is 22.3 Å². The Morgan fingerprint density at radius 2 is 0.964 bits per heavy atom. The first-order valence-electron chi connectivity index (χ1n) is 18.7. The molecule has 10 aromatic rings. The van der Waals surface area contributed by atoms with Crippen LogP contribution in [0, 0.1) is 0 Å². The fourth-order valence-electron chi connectivity index (χ4n) is 9.37. The van der Waals surface area contributed by atoms with Crippen molar-refractivity contribution < 1.29 is 9.15 Å². The molecule has 0 unspecified atom stereocenters. The van der Waals surface area contributed by atoms with Crippen LogP contribution in [0.15, 0.2) is 186 Å². The van der Waals surface area contributed by atoms with E-state index in [1.165, 1.54) is 22.3 Å². The van der Waals surface area contributed by atoms with E-state index in [2.05, 4.69) is 164 Å². The highest BCUT2D eigenvalue weighted by Crippen LogP contribution is 2.63. The summed E-state index contributed by atoms with van der Waals surface area (Å²) >= 11 is 0. The van der Waals surface area contributed by atoms with Crippen LogP contribution >= 0.6 is 0 Å². The van der Waals surface area contributed by atoms with Gasteiger partial charge in [0.1, 0.15) is 28.3 Å². The van der Waals surface area contributed by atoms with Gasteiger partial charge in [-0.1, -0.05) is 158 Å². The Labute approximate surface area is 317 Å². The van der Waals surface area contributed by atoms with E-state index >= 15 is 0 Å². The van der Waals surface area contributed by atoms with Crippen LogP contribution in [0.25, 0.3) is 77.7 Å². The summed E-state index contributed by atoms with van der Waals surface area (Å²) in [5.74, 6) is 2.42. The van der Waals surface area contributed by atoms with E-state index in [0.717, 1.165) is 77.8 Å². The van der Waals surface area contributed by atoms with Crippen LogP contribution in [-0.2, 0) is 5.41 Å². The molecule has 0 bridgehead atoms. The highest BCUT2D eigenvalue weighted by Gasteiger charge is 2.51. The molecule has 55 heavy (non-hydrogen) atoms. The molecule has 12 rings (SSSR count). The average Bonchev–Trinajstić information content (AvgIpc) is 3.77. The molecular formula is C51H30N2O2. The summed E-state index contributed by atoms with van der Waals surface area (Å²) in [4.78, 5) is 10.7. The molecule has 3 heterocycles. The lowest BCUT2D eigenvalue weighted by Gasteiger charge is -2.39. The predicted octanol–water partition coefficient (Wildman–Crippen LogP) is 13.0. The number of nitrogens with zero attached hydrogens (tertiary/aromatic N) is 2. The number of ether oxygens (including phenoxy) is 1. The average molecular weight is 703 g/mol. The van der Waals surface area contributed by atoms with E-state index in [4.69, 9.17) is 19.1 Å². The van der Waals surface area contributed by atoms with E-state index in [1.807, 2.05) is 18.2 Å². The third-order valence-corrected chi connectivity index (χ3v) is 11.6. The lowest BCUT2D eigenvalue weighted by molar-refractivity contribution is 0.436. The van der Waals surface area contributed by atoms with Crippen molar-refractivity contribution in [1.82, 2.24) is 9.97 Å². The van der Waals surface area contributed by atoms with E-state index in [0.29, 0.717) is 11.4 Å². The highest BCUT2D eigenvalue weighted by molar-refractivity contribution is 6.10. The molecule has 256 valence electrons. The topological polar surface area (TPSA) is 48.2 Å². The Kier molecular flexibility index (Phi) is 6.23. The summed E-state index contributed by atoms with van der Waals surface area (Å²) in [6.45, 7) is 0. The van der Waals surface area contributed by atoms with Gasteiger partial charge in [-0.05, 0) is 68.4 Å². The summed E-state index contributed by atoms with van der Waals surface area (Å²) in [6, 6.07) is 64.2. The molecular weight excluding hydrogens is 673 g/mol. The number of rotatable bonds is 3. The van der Waals surface area contributed by atoms with Crippen LogP contribution in [-0.4, -0.2) is 9.97 Å². The monoisotopic (exact) mass is 702 g/mol. The number of furan rings is 1. The number of hydrogen-bond acceptors (Lipinski definition) is 4. The third-order valence-electron chi connectivity index (χ3n) is 11.6. The first kappa shape index (κ1) is 30.2. The van der Waals surface area contributed by atoms with E-state index in [9.17, 15) is 0 Å². The number of hydrogen-bond donors (Lipinski definition) is 0. The van der Waals surface area contributed by atoms with Crippen molar-refractivity contribution >= 4 is 32.8 Å². The van der Waals surface area contributed by atoms with Crippen LogP contribution in [0.2, 0.25) is 0 Å². The van der Waals surface area contributed by atoms with Crippen LogP contribution < -0.4 is 4.74 Å². The molecule has 2 aliphatic rings. The zero-order chi connectivity index (χ0) is 36.1. The third kappa shape index (κ3) is 4.11. The molecule has 1 aliphatic carbocycles. The van der Waals surface area contributed by atoms with Gasteiger partial charge in [-0.15, -0.1) is 0 Å². The largest absolute Gasteiger partial charge is 0.457 e. The van der Waals surface area contributed by atoms with Gasteiger partial charge < -0.3 is 9.15 Å². The van der Waals surface area contributed by atoms with Gasteiger partial charge in [0, 0.05) is 27.6 Å². The van der Waals surface area contributed by atoms with Gasteiger partial charge in [-0.3, -0.25) is 0 Å². The summed E-state index contributed by atoms with van der Waals surface area (Å²) in [6.07, 6.45) is 0. The number of fused-ring (bicyclic) bond motifs is 13. The van der Waals surface area contributed by atoms with Gasteiger partial charge in [0.25, 0.3) is 0 Å². The molecule has 1 aliphatic heterocycles. The number of para-hydroxylation sites is 3. The van der Waals surface area contributed by atoms with Gasteiger partial charge in [-0.25, -0.2) is 9.97 Å². The predicted molar refractivity (Wildman–Crippen MR) is 221 cm³/mol. The van der Waals surface area contributed by atoms with E-state index in [-0.39, 0.29) is 0 Å². The molecule has 4 heteroatoms. The van der Waals surface area contributed by atoms with Crippen molar-refractivity contribution in [2.75, 3.05) is 0 Å². The summed E-state index contributed by atoms with van der Waals surface area (Å²) in [7, 11) is 0. The van der Waals surface area contributed by atoms with Gasteiger partial charge in [0.05, 0.1) is 5.41 Å². The van der Waals surface area contributed by atoms with Crippen LogP contribution in [0.3, 0.4) is 0 Å². The van der Waals surface area contributed by atoms with Gasteiger partial charge in [0.15, 0.2) is 11.4 Å². The first-order valence-corrected chi connectivity index (χ1v) is 18.7. The molecule has 2 aromatic heterocycles. The standard InChI is InChI=1S/C51H30N2O2/c1-2-17-32-31(15-1)16-13-23-36(32)50-52-47(49-48(53-50)38-21-6-10-28-43(38)55-49)35-19-4-3-18-33(35)34-22-14-27-42-46(34)37-20-5-7-24-39(37)51(42)40-25-8-11-29-44(40)54-45-30-12-9-26-41(45)51/h1-30H. The summed E-state index contributed by atoms with van der Waals surface area (Å²) in [5, 5.41) is 3.22. The van der Waals surface area contributed by atoms with Gasteiger partial charge in [-0.2, -0.15) is 0 Å². The minimum Gasteiger partial charge on any atom is -0.457 e. The molecule has 4 nitrogen and oxygen atoms in total. The zero-order valence-corrected chi connectivity index (χ0v) is 29.5. The number of aromatic nitrogens is 2. The maximum Gasteiger partial charge on any atom is 0.180 e. The maximum absolute atomic E-state index is 6.69.